The standard InChI is InChI=1S/C19H23ClN2O4S/c1-5-26-17-8-6-7-16(12-17)21-19(23)14(3)22(27(4,24)25)18-11-15(20)10-9-13(18)2/h6-12,14H,5H2,1-4H3,(H,21,23)/t14-/m0/s1. The van der Waals surface area contributed by atoms with Gasteiger partial charge < -0.3 is 10.1 Å². The van der Waals surface area contributed by atoms with Gasteiger partial charge in [0.1, 0.15) is 11.8 Å². The van der Waals surface area contributed by atoms with E-state index < -0.39 is 22.0 Å². The number of hydrogen-bond donors (Lipinski definition) is 1. The highest BCUT2D eigenvalue weighted by molar-refractivity contribution is 7.92. The molecule has 2 aromatic carbocycles. The van der Waals surface area contributed by atoms with Gasteiger partial charge in [0.2, 0.25) is 15.9 Å². The fourth-order valence-corrected chi connectivity index (χ4v) is 4.07. The molecule has 0 radical (unpaired) electrons. The lowest BCUT2D eigenvalue weighted by Crippen LogP contribution is -2.45. The number of anilines is 2. The summed E-state index contributed by atoms with van der Waals surface area (Å²) in [6, 6.07) is 10.9. The molecule has 2 aromatic rings. The number of amides is 1. The van der Waals surface area contributed by atoms with Gasteiger partial charge in [-0.25, -0.2) is 8.42 Å². The molecular formula is C19H23ClN2O4S. The highest BCUT2D eigenvalue weighted by Gasteiger charge is 2.30. The summed E-state index contributed by atoms with van der Waals surface area (Å²) in [5.41, 5.74) is 1.59. The predicted octanol–water partition coefficient (Wildman–Crippen LogP) is 3.84. The molecule has 146 valence electrons. The average molecular weight is 411 g/mol. The topological polar surface area (TPSA) is 75.7 Å². The van der Waals surface area contributed by atoms with Gasteiger partial charge in [0.05, 0.1) is 18.6 Å². The van der Waals surface area contributed by atoms with Crippen molar-refractivity contribution < 1.29 is 17.9 Å². The van der Waals surface area contributed by atoms with Crippen molar-refractivity contribution in [2.45, 2.75) is 26.8 Å². The van der Waals surface area contributed by atoms with Crippen LogP contribution in [0.2, 0.25) is 5.02 Å². The number of carbonyl (C=O) groups is 1. The van der Waals surface area contributed by atoms with Crippen molar-refractivity contribution in [3.05, 3.63) is 53.1 Å². The van der Waals surface area contributed by atoms with Crippen LogP contribution < -0.4 is 14.4 Å². The molecule has 0 unspecified atom stereocenters. The van der Waals surface area contributed by atoms with Crippen molar-refractivity contribution in [3.8, 4) is 5.75 Å². The van der Waals surface area contributed by atoms with Gasteiger partial charge in [-0.1, -0.05) is 23.7 Å². The maximum absolute atomic E-state index is 12.7. The molecule has 8 heteroatoms. The average Bonchev–Trinajstić information content (AvgIpc) is 2.57. The first-order valence-corrected chi connectivity index (χ1v) is 10.7. The number of sulfonamides is 1. The van der Waals surface area contributed by atoms with E-state index in [9.17, 15) is 13.2 Å². The Labute approximate surface area is 165 Å². The van der Waals surface area contributed by atoms with Crippen molar-refractivity contribution >= 4 is 38.9 Å². The minimum atomic E-state index is -3.72. The molecule has 0 aromatic heterocycles. The Balaban J connectivity index is 2.33. The minimum Gasteiger partial charge on any atom is -0.494 e. The molecule has 0 aliphatic rings. The summed E-state index contributed by atoms with van der Waals surface area (Å²) in [6.07, 6.45) is 1.06. The summed E-state index contributed by atoms with van der Waals surface area (Å²) < 4.78 is 31.3. The highest BCUT2D eigenvalue weighted by atomic mass is 35.5. The van der Waals surface area contributed by atoms with Gasteiger partial charge in [0.15, 0.2) is 0 Å². The van der Waals surface area contributed by atoms with Gasteiger partial charge in [-0.05, 0) is 50.6 Å². The summed E-state index contributed by atoms with van der Waals surface area (Å²) in [6.45, 7) is 5.66. The highest BCUT2D eigenvalue weighted by Crippen LogP contribution is 2.28. The number of benzene rings is 2. The number of hydrogen-bond acceptors (Lipinski definition) is 4. The summed E-state index contributed by atoms with van der Waals surface area (Å²) in [4.78, 5) is 12.7. The van der Waals surface area contributed by atoms with Crippen LogP contribution in [0.5, 0.6) is 5.75 Å². The van der Waals surface area contributed by atoms with Crippen LogP contribution in [0.25, 0.3) is 0 Å². The van der Waals surface area contributed by atoms with E-state index in [1.165, 1.54) is 13.0 Å². The molecule has 0 saturated heterocycles. The Kier molecular flexibility index (Phi) is 6.73. The van der Waals surface area contributed by atoms with Crippen LogP contribution in [-0.4, -0.2) is 33.2 Å². The third-order valence-electron chi connectivity index (χ3n) is 3.91. The van der Waals surface area contributed by atoms with Crippen molar-refractivity contribution in [1.29, 1.82) is 0 Å². The SMILES string of the molecule is CCOc1cccc(NC(=O)[C@H](C)N(c2cc(Cl)ccc2C)S(C)(=O)=O)c1. The van der Waals surface area contributed by atoms with Crippen LogP contribution >= 0.6 is 11.6 Å². The van der Waals surface area contributed by atoms with E-state index in [-0.39, 0.29) is 0 Å². The lowest BCUT2D eigenvalue weighted by molar-refractivity contribution is -0.116. The minimum absolute atomic E-state index is 0.371. The fourth-order valence-electron chi connectivity index (χ4n) is 2.68. The van der Waals surface area contributed by atoms with Gasteiger partial charge in [-0.15, -0.1) is 0 Å². The number of nitrogens with zero attached hydrogens (tertiary/aromatic N) is 1. The Bertz CT molecular complexity index is 931. The molecule has 27 heavy (non-hydrogen) atoms. The van der Waals surface area contributed by atoms with E-state index in [0.29, 0.717) is 34.3 Å². The summed E-state index contributed by atoms with van der Waals surface area (Å²) in [5, 5.41) is 3.13. The van der Waals surface area contributed by atoms with Gasteiger partial charge in [0.25, 0.3) is 0 Å². The Hall–Kier alpha value is -2.25. The van der Waals surface area contributed by atoms with E-state index in [1.54, 1.807) is 43.3 Å². The second-order valence-electron chi connectivity index (χ2n) is 6.12. The monoisotopic (exact) mass is 410 g/mol. The van der Waals surface area contributed by atoms with Gasteiger partial charge in [-0.2, -0.15) is 0 Å². The van der Waals surface area contributed by atoms with Crippen LogP contribution in [-0.2, 0) is 14.8 Å². The quantitative estimate of drug-likeness (QED) is 0.752. The summed E-state index contributed by atoms with van der Waals surface area (Å²) in [7, 11) is -3.72. The zero-order valence-corrected chi connectivity index (χ0v) is 17.3. The zero-order valence-electron chi connectivity index (χ0n) is 15.7. The molecule has 2 rings (SSSR count). The van der Waals surface area contributed by atoms with Crippen LogP contribution in [0.1, 0.15) is 19.4 Å². The smallest absolute Gasteiger partial charge is 0.247 e. The van der Waals surface area contributed by atoms with E-state index in [4.69, 9.17) is 16.3 Å². The Morgan fingerprint density at radius 1 is 1.26 bits per heavy atom. The number of carbonyl (C=O) groups excluding carboxylic acids is 1. The Morgan fingerprint density at radius 2 is 1.96 bits per heavy atom. The first-order valence-electron chi connectivity index (χ1n) is 8.42. The third-order valence-corrected chi connectivity index (χ3v) is 5.37. The zero-order chi connectivity index (χ0) is 20.2. The molecule has 1 amide bonds. The molecule has 0 aliphatic carbocycles. The molecule has 0 heterocycles. The van der Waals surface area contributed by atoms with E-state index in [1.807, 2.05) is 6.92 Å². The third kappa shape index (κ3) is 5.37. The van der Waals surface area contributed by atoms with Crippen molar-refractivity contribution in [2.75, 3.05) is 22.5 Å². The largest absolute Gasteiger partial charge is 0.494 e. The number of ether oxygens (including phenoxy) is 1. The van der Waals surface area contributed by atoms with Crippen LogP contribution in [0, 0.1) is 6.92 Å². The molecule has 0 saturated carbocycles. The van der Waals surface area contributed by atoms with Crippen LogP contribution in [0.3, 0.4) is 0 Å². The number of aryl methyl sites for hydroxylation is 1. The maximum Gasteiger partial charge on any atom is 0.247 e. The van der Waals surface area contributed by atoms with E-state index in [0.717, 1.165) is 10.6 Å². The van der Waals surface area contributed by atoms with Gasteiger partial charge in [-0.3, -0.25) is 9.10 Å². The Morgan fingerprint density at radius 3 is 2.59 bits per heavy atom. The fraction of sp³-hybridized carbons (Fsp3) is 0.316. The molecule has 0 spiro atoms. The van der Waals surface area contributed by atoms with E-state index in [2.05, 4.69) is 5.32 Å². The van der Waals surface area contributed by atoms with Crippen molar-refractivity contribution in [1.82, 2.24) is 0 Å². The molecule has 6 nitrogen and oxygen atoms in total. The molecule has 0 aliphatic heterocycles. The summed E-state index contributed by atoms with van der Waals surface area (Å²) >= 11 is 6.04. The number of rotatable bonds is 7. The lowest BCUT2D eigenvalue weighted by atomic mass is 10.1. The lowest BCUT2D eigenvalue weighted by Gasteiger charge is -2.29. The first kappa shape index (κ1) is 21.1. The van der Waals surface area contributed by atoms with Crippen molar-refractivity contribution in [3.63, 3.8) is 0 Å². The van der Waals surface area contributed by atoms with Gasteiger partial charge >= 0.3 is 0 Å². The van der Waals surface area contributed by atoms with E-state index >= 15 is 0 Å². The normalized spacial score (nSPS) is 12.3. The first-order chi connectivity index (χ1) is 12.6. The van der Waals surface area contributed by atoms with Crippen LogP contribution in [0.15, 0.2) is 42.5 Å². The second kappa shape index (κ2) is 8.63. The number of nitrogens with one attached hydrogen (secondary N) is 1. The maximum atomic E-state index is 12.7. The molecule has 1 N–H and O–H groups in total. The molecular weight excluding hydrogens is 388 g/mol. The second-order valence-corrected chi connectivity index (χ2v) is 8.41. The predicted molar refractivity (Wildman–Crippen MR) is 109 cm³/mol. The van der Waals surface area contributed by atoms with Gasteiger partial charge in [0, 0.05) is 16.8 Å². The summed E-state index contributed by atoms with van der Waals surface area (Å²) in [5.74, 6) is 0.155. The van der Waals surface area contributed by atoms with Crippen LogP contribution in [0.4, 0.5) is 11.4 Å². The molecule has 0 fully saturated rings. The molecule has 0 bridgehead atoms. The molecule has 1 atom stereocenters. The number of halogens is 1. The van der Waals surface area contributed by atoms with Crippen molar-refractivity contribution in [2.24, 2.45) is 0 Å².